The number of halogens is 2. The van der Waals surface area contributed by atoms with Crippen LogP contribution in [-0.2, 0) is 11.8 Å². The summed E-state index contributed by atoms with van der Waals surface area (Å²) in [5, 5.41) is 0. The lowest BCUT2D eigenvalue weighted by Crippen LogP contribution is -2.38. The molecule has 0 bridgehead atoms. The minimum atomic E-state index is -2.29. The largest absolute Gasteiger partial charge is 0.330 e. The van der Waals surface area contributed by atoms with Gasteiger partial charge >= 0.3 is 0 Å². The molecule has 0 aromatic heterocycles. The lowest BCUT2D eigenvalue weighted by atomic mass is 9.68. The molecule has 1 aliphatic rings. The van der Waals surface area contributed by atoms with Crippen LogP contribution in [0.5, 0.6) is 0 Å². The lowest BCUT2D eigenvalue weighted by Gasteiger charge is -2.38. The number of hydrogen-bond donors (Lipinski definition) is 1. The van der Waals surface area contributed by atoms with E-state index in [0.717, 1.165) is 36.8 Å². The van der Waals surface area contributed by atoms with E-state index in [1.807, 2.05) is 24.3 Å². The van der Waals surface area contributed by atoms with Gasteiger partial charge < -0.3 is 5.73 Å². The van der Waals surface area contributed by atoms with Crippen molar-refractivity contribution in [1.29, 1.82) is 0 Å². The fourth-order valence-electron chi connectivity index (χ4n) is 3.19. The van der Waals surface area contributed by atoms with Crippen LogP contribution in [0.2, 0.25) is 0 Å². The van der Waals surface area contributed by atoms with Gasteiger partial charge in [0.25, 0.3) is 0 Å². The smallest absolute Gasteiger partial charge is 0.242 e. The van der Waals surface area contributed by atoms with Crippen molar-refractivity contribution in [2.45, 2.75) is 50.4 Å². The molecule has 3 heteroatoms. The summed E-state index contributed by atoms with van der Waals surface area (Å²) in [6, 6.07) is 7.61. The van der Waals surface area contributed by atoms with Crippen molar-refractivity contribution < 1.29 is 8.78 Å². The Morgan fingerprint density at radius 1 is 1.11 bits per heavy atom. The zero-order valence-electron chi connectivity index (χ0n) is 10.7. The molecule has 0 unspecified atom stereocenters. The summed E-state index contributed by atoms with van der Waals surface area (Å²) in [6.45, 7) is 0.563. The Hall–Kier alpha value is -0.960. The molecule has 0 radical (unpaired) electrons. The molecule has 0 saturated heterocycles. The Balaban J connectivity index is 2.35. The molecule has 18 heavy (non-hydrogen) atoms. The van der Waals surface area contributed by atoms with Crippen LogP contribution in [0.25, 0.3) is 0 Å². The molecule has 0 heterocycles. The van der Waals surface area contributed by atoms with Crippen LogP contribution in [0, 0.1) is 0 Å². The lowest BCUT2D eigenvalue weighted by molar-refractivity contribution is 0.148. The monoisotopic (exact) mass is 253 g/mol. The zero-order valence-corrected chi connectivity index (χ0v) is 10.7. The Morgan fingerprint density at radius 3 is 2.39 bits per heavy atom. The highest BCUT2D eigenvalue weighted by Gasteiger charge is 2.34. The Labute approximate surface area is 107 Å². The van der Waals surface area contributed by atoms with Gasteiger partial charge in [-0.05, 0) is 24.0 Å². The number of hydrogen-bond acceptors (Lipinski definition) is 1. The van der Waals surface area contributed by atoms with Crippen molar-refractivity contribution >= 4 is 0 Å². The van der Waals surface area contributed by atoms with E-state index in [1.165, 1.54) is 6.42 Å². The van der Waals surface area contributed by atoms with Gasteiger partial charge in [-0.2, -0.15) is 0 Å². The second-order valence-corrected chi connectivity index (χ2v) is 5.30. The van der Waals surface area contributed by atoms with Crippen molar-refractivity contribution in [3.63, 3.8) is 0 Å². The van der Waals surface area contributed by atoms with Crippen LogP contribution < -0.4 is 5.73 Å². The van der Waals surface area contributed by atoms with Gasteiger partial charge in [-0.25, -0.2) is 8.78 Å². The first-order valence-corrected chi connectivity index (χ1v) is 6.74. The van der Waals surface area contributed by atoms with Crippen LogP contribution in [0.15, 0.2) is 24.3 Å². The predicted molar refractivity (Wildman–Crippen MR) is 70.0 cm³/mol. The molecule has 0 amide bonds. The van der Waals surface area contributed by atoms with Gasteiger partial charge in [-0.1, -0.05) is 43.5 Å². The average Bonchev–Trinajstić information content (AvgIpc) is 2.39. The first kappa shape index (κ1) is 13.5. The third kappa shape index (κ3) is 2.72. The predicted octanol–water partition coefficient (Wildman–Crippen LogP) is 3.65. The van der Waals surface area contributed by atoms with E-state index in [9.17, 15) is 8.78 Å². The van der Waals surface area contributed by atoms with Crippen LogP contribution >= 0.6 is 0 Å². The van der Waals surface area contributed by atoms with E-state index in [4.69, 9.17) is 5.73 Å². The third-order valence-electron chi connectivity index (χ3n) is 4.16. The number of nitrogens with two attached hydrogens (primary N) is 1. The molecule has 100 valence electrons. The van der Waals surface area contributed by atoms with Gasteiger partial charge in [0.05, 0.1) is 0 Å². The van der Waals surface area contributed by atoms with Crippen molar-refractivity contribution in [2.75, 3.05) is 6.54 Å². The fourth-order valence-corrected chi connectivity index (χ4v) is 3.19. The maximum absolute atomic E-state index is 12.7. The van der Waals surface area contributed by atoms with Crippen molar-refractivity contribution in [3.05, 3.63) is 35.4 Å². The molecule has 1 nitrogen and oxygen atoms in total. The first-order chi connectivity index (χ1) is 8.68. The second-order valence-electron chi connectivity index (χ2n) is 5.30. The molecule has 0 spiro atoms. The van der Waals surface area contributed by atoms with Crippen molar-refractivity contribution in [3.8, 4) is 0 Å². The van der Waals surface area contributed by atoms with E-state index >= 15 is 0 Å². The summed E-state index contributed by atoms with van der Waals surface area (Å²) < 4.78 is 25.3. The maximum Gasteiger partial charge on any atom is 0.242 e. The highest BCUT2D eigenvalue weighted by atomic mass is 19.3. The summed E-state index contributed by atoms with van der Waals surface area (Å²) in [6.07, 6.45) is 3.16. The molecule has 1 fully saturated rings. The molecule has 2 rings (SSSR count). The normalized spacial score (nSPS) is 19.1. The molecular formula is C15H21F2N. The standard InChI is InChI=1S/C15H21F2N/c16-14(17)10-12-6-2-3-7-13(12)15(11-18)8-4-1-5-9-15/h2-3,6-7,14H,1,4-5,8-11,18H2. The first-order valence-electron chi connectivity index (χ1n) is 6.74. The van der Waals surface area contributed by atoms with E-state index < -0.39 is 6.43 Å². The van der Waals surface area contributed by atoms with Crippen LogP contribution in [0.4, 0.5) is 8.78 Å². The van der Waals surface area contributed by atoms with Gasteiger partial charge in [0.2, 0.25) is 6.43 Å². The van der Waals surface area contributed by atoms with Gasteiger partial charge in [-0.15, -0.1) is 0 Å². The fraction of sp³-hybridized carbons (Fsp3) is 0.600. The summed E-state index contributed by atoms with van der Waals surface area (Å²) in [5.41, 5.74) is 7.76. The topological polar surface area (TPSA) is 26.0 Å². The number of alkyl halides is 2. The average molecular weight is 253 g/mol. The molecule has 0 atom stereocenters. The summed E-state index contributed by atoms with van der Waals surface area (Å²) in [7, 11) is 0. The molecule has 0 aliphatic heterocycles. The van der Waals surface area contributed by atoms with Gasteiger partial charge in [0, 0.05) is 18.4 Å². The van der Waals surface area contributed by atoms with E-state index in [1.54, 1.807) is 0 Å². The highest BCUT2D eigenvalue weighted by Crippen LogP contribution is 2.40. The number of benzene rings is 1. The van der Waals surface area contributed by atoms with Crippen LogP contribution in [0.1, 0.15) is 43.2 Å². The highest BCUT2D eigenvalue weighted by molar-refractivity contribution is 5.35. The Morgan fingerprint density at radius 2 is 1.78 bits per heavy atom. The quantitative estimate of drug-likeness (QED) is 0.870. The number of rotatable bonds is 4. The maximum atomic E-state index is 12.7. The van der Waals surface area contributed by atoms with Gasteiger partial charge in [0.15, 0.2) is 0 Å². The van der Waals surface area contributed by atoms with Gasteiger partial charge in [0.1, 0.15) is 0 Å². The Kier molecular flexibility index (Phi) is 4.33. The summed E-state index contributed by atoms with van der Waals surface area (Å²) >= 11 is 0. The summed E-state index contributed by atoms with van der Waals surface area (Å²) in [4.78, 5) is 0. The van der Waals surface area contributed by atoms with E-state index in [2.05, 4.69) is 0 Å². The minimum absolute atomic E-state index is 0.0657. The minimum Gasteiger partial charge on any atom is -0.330 e. The molecule has 1 saturated carbocycles. The Bertz CT molecular complexity index is 384. The third-order valence-corrected chi connectivity index (χ3v) is 4.16. The van der Waals surface area contributed by atoms with Crippen molar-refractivity contribution in [1.82, 2.24) is 0 Å². The van der Waals surface area contributed by atoms with E-state index in [0.29, 0.717) is 6.54 Å². The SMILES string of the molecule is NCC1(c2ccccc2CC(F)F)CCCCC1. The van der Waals surface area contributed by atoms with Crippen molar-refractivity contribution in [2.24, 2.45) is 5.73 Å². The van der Waals surface area contributed by atoms with Crippen LogP contribution in [0.3, 0.4) is 0 Å². The summed E-state index contributed by atoms with van der Waals surface area (Å²) in [5.74, 6) is 0. The molecule has 1 aromatic carbocycles. The van der Waals surface area contributed by atoms with E-state index in [-0.39, 0.29) is 11.8 Å². The van der Waals surface area contributed by atoms with Gasteiger partial charge in [-0.3, -0.25) is 0 Å². The van der Waals surface area contributed by atoms with Crippen LogP contribution in [-0.4, -0.2) is 13.0 Å². The molecular weight excluding hydrogens is 232 g/mol. The zero-order chi connectivity index (χ0) is 13.0. The molecule has 2 N–H and O–H groups in total. The molecule has 1 aromatic rings. The molecule has 1 aliphatic carbocycles. The second kappa shape index (κ2) is 5.79.